The molecule has 0 aromatic carbocycles. The summed E-state index contributed by atoms with van der Waals surface area (Å²) < 4.78 is 4.61. The van der Waals surface area contributed by atoms with Gasteiger partial charge in [-0.05, 0) is 13.0 Å². The van der Waals surface area contributed by atoms with E-state index < -0.39 is 0 Å². The van der Waals surface area contributed by atoms with Gasteiger partial charge in [-0.25, -0.2) is 0 Å². The summed E-state index contributed by atoms with van der Waals surface area (Å²) in [6.45, 7) is 4.03. The molecule has 58 valence electrons. The largest absolute Gasteiger partial charge is 0.468 e. The fraction of sp³-hybridized carbons (Fsp3) is 0.857. The second-order valence-corrected chi connectivity index (χ2v) is 2.46. The lowest BCUT2D eigenvalue weighted by molar-refractivity contribution is -0.151. The summed E-state index contributed by atoms with van der Waals surface area (Å²) in [5.74, 6) is -0.0897. The van der Waals surface area contributed by atoms with Gasteiger partial charge in [-0.2, -0.15) is 0 Å². The number of carbonyl (C=O) groups is 1. The number of carbonyl (C=O) groups excluding carboxylic acids is 1. The molecule has 0 aliphatic carbocycles. The van der Waals surface area contributed by atoms with Gasteiger partial charge in [0.1, 0.15) is 6.04 Å². The minimum absolute atomic E-state index is 0.0509. The average molecular weight is 143 g/mol. The summed E-state index contributed by atoms with van der Waals surface area (Å²) in [7, 11) is 1.44. The lowest BCUT2D eigenvalue weighted by Gasteiger charge is -2.37. The molecule has 3 heteroatoms. The Balaban J connectivity index is 2.35. The highest BCUT2D eigenvalue weighted by Crippen LogP contribution is 2.16. The van der Waals surface area contributed by atoms with E-state index in [0.717, 1.165) is 19.5 Å². The normalized spacial score (nSPS) is 25.6. The molecule has 1 fully saturated rings. The van der Waals surface area contributed by atoms with Crippen molar-refractivity contribution in [2.24, 2.45) is 0 Å². The highest BCUT2D eigenvalue weighted by molar-refractivity contribution is 5.76. The van der Waals surface area contributed by atoms with Crippen LogP contribution >= 0.6 is 0 Å². The molecule has 1 heterocycles. The molecule has 0 spiro atoms. The topological polar surface area (TPSA) is 29.5 Å². The van der Waals surface area contributed by atoms with E-state index >= 15 is 0 Å². The number of ether oxygens (including phenoxy) is 1. The molecule has 0 radical (unpaired) electrons. The summed E-state index contributed by atoms with van der Waals surface area (Å²) in [4.78, 5) is 13.0. The van der Waals surface area contributed by atoms with Crippen molar-refractivity contribution in [3.05, 3.63) is 0 Å². The summed E-state index contributed by atoms with van der Waals surface area (Å²) in [6, 6.07) is 0.0509. The van der Waals surface area contributed by atoms with Crippen molar-refractivity contribution in [2.75, 3.05) is 20.2 Å². The Morgan fingerprint density at radius 2 is 2.50 bits per heavy atom. The summed E-state index contributed by atoms with van der Waals surface area (Å²) in [5, 5.41) is 0. The number of likely N-dealkylation sites (N-methyl/N-ethyl adjacent to an activating group) is 1. The minimum atomic E-state index is -0.0897. The third-order valence-electron chi connectivity index (χ3n) is 2.01. The van der Waals surface area contributed by atoms with Crippen molar-refractivity contribution in [3.8, 4) is 0 Å². The Bertz CT molecular complexity index is 134. The average Bonchev–Trinajstić information content (AvgIpc) is 1.86. The van der Waals surface area contributed by atoms with Gasteiger partial charge in [0, 0.05) is 6.54 Å². The highest BCUT2D eigenvalue weighted by Gasteiger charge is 2.33. The van der Waals surface area contributed by atoms with Crippen LogP contribution in [0.5, 0.6) is 0 Å². The SMILES string of the molecule is CCN1CC[C@@H]1C(=O)OC. The molecule has 0 saturated carbocycles. The Labute approximate surface area is 61.0 Å². The standard InChI is InChI=1S/C7H13NO2/c1-3-8-5-4-6(8)7(9)10-2/h6H,3-5H2,1-2H3/t6-/m1/s1. The van der Waals surface area contributed by atoms with E-state index in [4.69, 9.17) is 0 Å². The Morgan fingerprint density at radius 3 is 2.80 bits per heavy atom. The monoisotopic (exact) mass is 143 g/mol. The molecular formula is C7H13NO2. The van der Waals surface area contributed by atoms with Crippen LogP contribution in [0.25, 0.3) is 0 Å². The third-order valence-corrected chi connectivity index (χ3v) is 2.01. The second-order valence-electron chi connectivity index (χ2n) is 2.46. The number of hydrogen-bond donors (Lipinski definition) is 0. The van der Waals surface area contributed by atoms with E-state index in [9.17, 15) is 4.79 Å². The van der Waals surface area contributed by atoms with E-state index in [2.05, 4.69) is 16.6 Å². The van der Waals surface area contributed by atoms with Crippen LogP contribution in [0.15, 0.2) is 0 Å². The molecule has 1 saturated heterocycles. The Kier molecular flexibility index (Phi) is 2.27. The van der Waals surface area contributed by atoms with Crippen molar-refractivity contribution in [3.63, 3.8) is 0 Å². The van der Waals surface area contributed by atoms with Crippen LogP contribution in [0.2, 0.25) is 0 Å². The molecule has 3 nitrogen and oxygen atoms in total. The fourth-order valence-electron chi connectivity index (χ4n) is 1.22. The molecule has 0 aromatic heterocycles. The van der Waals surface area contributed by atoms with Crippen LogP contribution < -0.4 is 0 Å². The first kappa shape index (κ1) is 7.54. The maximum Gasteiger partial charge on any atom is 0.323 e. The van der Waals surface area contributed by atoms with Gasteiger partial charge in [0.05, 0.1) is 7.11 Å². The van der Waals surface area contributed by atoms with Crippen LogP contribution in [-0.4, -0.2) is 37.1 Å². The third kappa shape index (κ3) is 1.14. The molecule has 0 aromatic rings. The van der Waals surface area contributed by atoms with Crippen LogP contribution in [0.4, 0.5) is 0 Å². The first-order valence-electron chi connectivity index (χ1n) is 3.61. The predicted octanol–water partition coefficient (Wildman–Crippen LogP) is 0.254. The van der Waals surface area contributed by atoms with Crippen LogP contribution in [0.1, 0.15) is 13.3 Å². The summed E-state index contributed by atoms with van der Waals surface area (Å²) >= 11 is 0. The molecule has 10 heavy (non-hydrogen) atoms. The quantitative estimate of drug-likeness (QED) is 0.519. The van der Waals surface area contributed by atoms with Gasteiger partial charge >= 0.3 is 5.97 Å². The van der Waals surface area contributed by atoms with Gasteiger partial charge in [0.15, 0.2) is 0 Å². The van der Waals surface area contributed by atoms with E-state index in [-0.39, 0.29) is 12.0 Å². The molecule has 1 rings (SSSR count). The van der Waals surface area contributed by atoms with Crippen LogP contribution in [-0.2, 0) is 9.53 Å². The highest BCUT2D eigenvalue weighted by atomic mass is 16.5. The number of methoxy groups -OCH3 is 1. The van der Waals surface area contributed by atoms with E-state index in [1.165, 1.54) is 7.11 Å². The van der Waals surface area contributed by atoms with Gasteiger partial charge in [-0.15, -0.1) is 0 Å². The number of nitrogens with zero attached hydrogens (tertiary/aromatic N) is 1. The first-order valence-corrected chi connectivity index (χ1v) is 3.61. The molecular weight excluding hydrogens is 130 g/mol. The summed E-state index contributed by atoms with van der Waals surface area (Å²) in [5.41, 5.74) is 0. The maximum atomic E-state index is 10.9. The van der Waals surface area contributed by atoms with Crippen molar-refractivity contribution < 1.29 is 9.53 Å². The molecule has 0 unspecified atom stereocenters. The molecule has 0 bridgehead atoms. The molecule has 0 amide bonds. The van der Waals surface area contributed by atoms with Gasteiger partial charge in [-0.3, -0.25) is 9.69 Å². The number of esters is 1. The Hall–Kier alpha value is -0.570. The first-order chi connectivity index (χ1) is 4.79. The maximum absolute atomic E-state index is 10.9. The van der Waals surface area contributed by atoms with Crippen molar-refractivity contribution >= 4 is 5.97 Å². The molecule has 0 N–H and O–H groups in total. The predicted molar refractivity (Wildman–Crippen MR) is 37.7 cm³/mol. The smallest absolute Gasteiger partial charge is 0.323 e. The van der Waals surface area contributed by atoms with Crippen molar-refractivity contribution in [2.45, 2.75) is 19.4 Å². The van der Waals surface area contributed by atoms with Crippen LogP contribution in [0.3, 0.4) is 0 Å². The molecule has 1 atom stereocenters. The lowest BCUT2D eigenvalue weighted by Crippen LogP contribution is -2.52. The van der Waals surface area contributed by atoms with Crippen LogP contribution in [0, 0.1) is 0 Å². The van der Waals surface area contributed by atoms with Gasteiger partial charge < -0.3 is 4.74 Å². The second kappa shape index (κ2) is 3.01. The van der Waals surface area contributed by atoms with Gasteiger partial charge in [0.25, 0.3) is 0 Å². The van der Waals surface area contributed by atoms with Gasteiger partial charge in [0.2, 0.25) is 0 Å². The Morgan fingerprint density at radius 1 is 1.80 bits per heavy atom. The zero-order valence-corrected chi connectivity index (χ0v) is 6.46. The number of rotatable bonds is 2. The zero-order chi connectivity index (χ0) is 7.56. The lowest BCUT2D eigenvalue weighted by atomic mass is 10.0. The number of hydrogen-bond acceptors (Lipinski definition) is 3. The minimum Gasteiger partial charge on any atom is -0.468 e. The van der Waals surface area contributed by atoms with E-state index in [1.54, 1.807) is 0 Å². The molecule has 1 aliphatic rings. The fourth-order valence-corrected chi connectivity index (χ4v) is 1.22. The van der Waals surface area contributed by atoms with Gasteiger partial charge in [-0.1, -0.05) is 6.92 Å². The zero-order valence-electron chi connectivity index (χ0n) is 6.46. The van der Waals surface area contributed by atoms with Crippen molar-refractivity contribution in [1.82, 2.24) is 4.90 Å². The van der Waals surface area contributed by atoms with E-state index in [0.29, 0.717) is 0 Å². The number of likely N-dealkylation sites (tertiary alicyclic amines) is 1. The van der Waals surface area contributed by atoms with Crippen molar-refractivity contribution in [1.29, 1.82) is 0 Å². The summed E-state index contributed by atoms with van der Waals surface area (Å²) in [6.07, 6.45) is 0.959. The van der Waals surface area contributed by atoms with E-state index in [1.807, 2.05) is 0 Å². The molecule has 1 aliphatic heterocycles.